The Kier molecular flexibility index (Phi) is 8.04. The van der Waals surface area contributed by atoms with Crippen molar-refractivity contribution < 1.29 is 23.7 Å². The molecule has 0 saturated heterocycles. The molecule has 2 heterocycles. The molecule has 37 heavy (non-hydrogen) atoms. The molecule has 0 bridgehead atoms. The van der Waals surface area contributed by atoms with E-state index >= 15 is 0 Å². The highest BCUT2D eigenvalue weighted by molar-refractivity contribution is 7.07. The van der Waals surface area contributed by atoms with Crippen molar-refractivity contribution in [1.29, 1.82) is 0 Å². The van der Waals surface area contributed by atoms with Gasteiger partial charge in [-0.2, -0.15) is 0 Å². The molecule has 1 aliphatic heterocycles. The molecule has 0 N–H and O–H groups in total. The molecule has 10 heteroatoms. The number of thiazole rings is 1. The van der Waals surface area contributed by atoms with Gasteiger partial charge in [0, 0.05) is 5.56 Å². The molecule has 0 radical (unpaired) electrons. The van der Waals surface area contributed by atoms with E-state index in [1.54, 1.807) is 57.4 Å². The maximum Gasteiger partial charge on any atom is 0.338 e. The number of methoxy groups -OCH3 is 2. The molecular weight excluding hydrogens is 516 g/mol. The second kappa shape index (κ2) is 11.2. The van der Waals surface area contributed by atoms with E-state index in [0.29, 0.717) is 49.5 Å². The van der Waals surface area contributed by atoms with E-state index in [9.17, 15) is 9.59 Å². The highest BCUT2D eigenvalue weighted by Crippen LogP contribution is 2.37. The van der Waals surface area contributed by atoms with Gasteiger partial charge >= 0.3 is 5.97 Å². The highest BCUT2D eigenvalue weighted by Gasteiger charge is 2.35. The monoisotopic (exact) mass is 542 g/mol. The average molecular weight is 543 g/mol. The third-order valence-electron chi connectivity index (χ3n) is 5.80. The Labute approximate surface area is 223 Å². The predicted molar refractivity (Wildman–Crippen MR) is 143 cm³/mol. The molecule has 1 aliphatic rings. The number of benzene rings is 2. The van der Waals surface area contributed by atoms with Crippen molar-refractivity contribution in [3.05, 3.63) is 83.5 Å². The molecule has 8 nitrogen and oxygen atoms in total. The van der Waals surface area contributed by atoms with Crippen molar-refractivity contribution in [3.63, 3.8) is 0 Å². The lowest BCUT2D eigenvalue weighted by atomic mass is 9.94. The first-order valence-electron chi connectivity index (χ1n) is 11.7. The van der Waals surface area contributed by atoms with Gasteiger partial charge in [0.1, 0.15) is 23.3 Å². The summed E-state index contributed by atoms with van der Waals surface area (Å²) in [4.78, 5) is 32.0. The van der Waals surface area contributed by atoms with Crippen molar-refractivity contribution in [2.75, 3.05) is 27.4 Å². The summed E-state index contributed by atoms with van der Waals surface area (Å²) in [6.07, 6.45) is 1.74. The van der Waals surface area contributed by atoms with Gasteiger partial charge in [0.05, 0.1) is 48.3 Å². The number of hydrogen-bond acceptors (Lipinski definition) is 8. The van der Waals surface area contributed by atoms with E-state index in [-0.39, 0.29) is 17.7 Å². The van der Waals surface area contributed by atoms with Crippen molar-refractivity contribution >= 4 is 35.0 Å². The number of aromatic nitrogens is 1. The van der Waals surface area contributed by atoms with E-state index in [0.717, 1.165) is 5.56 Å². The summed E-state index contributed by atoms with van der Waals surface area (Å²) >= 11 is 7.58. The van der Waals surface area contributed by atoms with Crippen LogP contribution in [0.3, 0.4) is 0 Å². The van der Waals surface area contributed by atoms with Crippen LogP contribution in [0.25, 0.3) is 6.08 Å². The van der Waals surface area contributed by atoms with E-state index in [1.165, 1.54) is 23.0 Å². The Hall–Kier alpha value is -3.56. The highest BCUT2D eigenvalue weighted by atomic mass is 35.5. The fourth-order valence-corrected chi connectivity index (χ4v) is 5.46. The fraction of sp³-hybridized carbons (Fsp3) is 0.296. The Morgan fingerprint density at radius 1 is 1.11 bits per heavy atom. The lowest BCUT2D eigenvalue weighted by Gasteiger charge is -2.26. The molecule has 4 rings (SSSR count). The van der Waals surface area contributed by atoms with Crippen molar-refractivity contribution in [2.24, 2.45) is 4.99 Å². The lowest BCUT2D eigenvalue weighted by Crippen LogP contribution is -2.40. The van der Waals surface area contributed by atoms with Gasteiger partial charge < -0.3 is 18.9 Å². The van der Waals surface area contributed by atoms with Gasteiger partial charge in [-0.25, -0.2) is 9.79 Å². The van der Waals surface area contributed by atoms with E-state index in [1.807, 2.05) is 13.0 Å². The fourth-order valence-electron chi connectivity index (χ4n) is 4.17. The number of hydrogen-bond donors (Lipinski definition) is 0. The van der Waals surface area contributed by atoms with E-state index in [4.69, 9.17) is 30.5 Å². The van der Waals surface area contributed by atoms with Gasteiger partial charge in [-0.05, 0) is 62.7 Å². The van der Waals surface area contributed by atoms with Crippen molar-refractivity contribution in [2.45, 2.75) is 26.8 Å². The lowest BCUT2D eigenvalue weighted by molar-refractivity contribution is -0.139. The molecule has 0 saturated carbocycles. The number of ether oxygens (including phenoxy) is 4. The zero-order valence-corrected chi connectivity index (χ0v) is 22.7. The Balaban J connectivity index is 1.96. The molecule has 1 aromatic heterocycles. The summed E-state index contributed by atoms with van der Waals surface area (Å²) in [5.74, 6) is 1.07. The Bertz CT molecular complexity index is 1560. The van der Waals surface area contributed by atoms with Crippen LogP contribution in [0.15, 0.2) is 57.5 Å². The van der Waals surface area contributed by atoms with Crippen LogP contribution < -0.4 is 29.1 Å². The third-order valence-corrected chi connectivity index (χ3v) is 7.08. The first kappa shape index (κ1) is 26.5. The summed E-state index contributed by atoms with van der Waals surface area (Å²) in [7, 11) is 3.08. The zero-order valence-electron chi connectivity index (χ0n) is 21.2. The summed E-state index contributed by atoms with van der Waals surface area (Å²) in [5.41, 5.74) is 1.73. The second-order valence-corrected chi connectivity index (χ2v) is 9.45. The smallest absolute Gasteiger partial charge is 0.338 e. The van der Waals surface area contributed by atoms with Crippen LogP contribution in [-0.4, -0.2) is 38.0 Å². The molecule has 2 aromatic carbocycles. The molecule has 0 fully saturated rings. The first-order valence-corrected chi connectivity index (χ1v) is 12.9. The number of allylic oxidation sites excluding steroid dienone is 1. The third kappa shape index (κ3) is 5.14. The van der Waals surface area contributed by atoms with Crippen LogP contribution in [0.2, 0.25) is 5.02 Å². The van der Waals surface area contributed by atoms with E-state index in [2.05, 4.69) is 4.99 Å². The molecule has 0 aliphatic carbocycles. The average Bonchev–Trinajstić information content (AvgIpc) is 3.18. The van der Waals surface area contributed by atoms with Gasteiger partial charge in [0.15, 0.2) is 4.80 Å². The standard InChI is InChI=1S/C27H27ClN2O6S/c1-6-35-21-10-8-16(12-19(21)28)13-22-25(31)30-24(18-14-17(33-4)9-11-20(18)34-5)23(26(32)36-7-2)15(3)29-27(30)37-22/h8-14,24H,6-7H2,1-5H3/b22-13+. The number of esters is 1. The number of carbonyl (C=O) groups excluding carboxylic acids is 1. The normalized spacial score (nSPS) is 15.2. The number of rotatable bonds is 8. The summed E-state index contributed by atoms with van der Waals surface area (Å²) in [6.45, 7) is 6.01. The number of halogens is 1. The van der Waals surface area contributed by atoms with Crippen molar-refractivity contribution in [3.8, 4) is 17.2 Å². The van der Waals surface area contributed by atoms with Gasteiger partial charge in [-0.3, -0.25) is 9.36 Å². The molecule has 1 atom stereocenters. The molecule has 3 aromatic rings. The molecule has 0 spiro atoms. The predicted octanol–water partition coefficient (Wildman–Crippen LogP) is 3.87. The minimum absolute atomic E-state index is 0.181. The van der Waals surface area contributed by atoms with Crippen LogP contribution in [0.4, 0.5) is 0 Å². The van der Waals surface area contributed by atoms with Crippen LogP contribution in [-0.2, 0) is 9.53 Å². The quantitative estimate of drug-likeness (QED) is 0.402. The number of fused-ring (bicyclic) bond motifs is 1. The molecular formula is C27H27ClN2O6S. The van der Waals surface area contributed by atoms with E-state index < -0.39 is 12.0 Å². The number of carbonyl (C=O) groups is 1. The summed E-state index contributed by atoms with van der Waals surface area (Å²) in [5, 5.41) is 0.447. The van der Waals surface area contributed by atoms with Gasteiger partial charge in [-0.15, -0.1) is 0 Å². The number of nitrogens with zero attached hydrogens (tertiary/aromatic N) is 2. The minimum atomic E-state index is -0.827. The van der Waals surface area contributed by atoms with Crippen LogP contribution in [0.1, 0.15) is 37.9 Å². The minimum Gasteiger partial charge on any atom is -0.497 e. The van der Waals surface area contributed by atoms with Gasteiger partial charge in [0.2, 0.25) is 0 Å². The summed E-state index contributed by atoms with van der Waals surface area (Å²) in [6, 6.07) is 9.75. The SMILES string of the molecule is CCOC(=O)C1=C(C)N=c2s/c(=C/c3ccc(OCC)c(Cl)c3)c(=O)n2C1c1cc(OC)ccc1OC. The maximum atomic E-state index is 13.8. The topological polar surface area (TPSA) is 88.4 Å². The molecule has 194 valence electrons. The Morgan fingerprint density at radius 3 is 2.51 bits per heavy atom. The van der Waals surface area contributed by atoms with Gasteiger partial charge in [0.25, 0.3) is 5.56 Å². The maximum absolute atomic E-state index is 13.8. The molecule has 0 amide bonds. The first-order chi connectivity index (χ1) is 17.8. The van der Waals surface area contributed by atoms with Crippen molar-refractivity contribution in [1.82, 2.24) is 4.57 Å². The zero-order chi connectivity index (χ0) is 26.7. The second-order valence-electron chi connectivity index (χ2n) is 8.03. The molecule has 1 unspecified atom stereocenters. The van der Waals surface area contributed by atoms with Crippen LogP contribution in [0.5, 0.6) is 17.2 Å². The van der Waals surface area contributed by atoms with Gasteiger partial charge in [-0.1, -0.05) is 29.0 Å². The van der Waals surface area contributed by atoms with Crippen LogP contribution in [0, 0.1) is 0 Å². The largest absolute Gasteiger partial charge is 0.497 e. The Morgan fingerprint density at radius 2 is 1.86 bits per heavy atom. The van der Waals surface area contributed by atoms with Crippen LogP contribution >= 0.6 is 22.9 Å². The summed E-state index contributed by atoms with van der Waals surface area (Å²) < 4.78 is 23.8.